The third-order valence-corrected chi connectivity index (χ3v) is 5.80. The molecule has 164 valence electrons. The summed E-state index contributed by atoms with van der Waals surface area (Å²) >= 11 is 0. The van der Waals surface area contributed by atoms with Crippen molar-refractivity contribution in [1.29, 1.82) is 0 Å². The molecule has 0 fully saturated rings. The number of aromatic hydroxyl groups is 1. The molecule has 1 aliphatic rings. The van der Waals surface area contributed by atoms with Crippen LogP contribution in [-0.4, -0.2) is 29.1 Å². The van der Waals surface area contributed by atoms with Crippen LogP contribution in [0.1, 0.15) is 21.6 Å². The van der Waals surface area contributed by atoms with Crippen molar-refractivity contribution in [3.63, 3.8) is 0 Å². The van der Waals surface area contributed by atoms with Gasteiger partial charge in [0.15, 0.2) is 6.04 Å². The fraction of sp³-hybridized carbons (Fsp3) is 0.148. The summed E-state index contributed by atoms with van der Waals surface area (Å²) < 4.78 is 6.99. The number of aromatic nitrogens is 2. The van der Waals surface area contributed by atoms with E-state index in [1.54, 1.807) is 36.1 Å². The largest absolute Gasteiger partial charge is 0.508 e. The van der Waals surface area contributed by atoms with E-state index in [1.165, 1.54) is 0 Å². The zero-order chi connectivity index (χ0) is 22.8. The molecule has 1 atom stereocenters. The number of methoxy groups -OCH3 is 1. The Labute approximate surface area is 192 Å². The number of nitrogens with one attached hydrogen (secondary N) is 1. The SMILES string of the molecule is COc1cccc(CC2Nc3c(Cc4ccccc4)nc(-c4cccc(O)c4)c[n+]3C2=O)c1. The molecule has 0 saturated heterocycles. The molecular formula is C27H24N3O3+. The average molecular weight is 439 g/mol. The molecule has 3 aromatic carbocycles. The molecule has 0 saturated carbocycles. The zero-order valence-corrected chi connectivity index (χ0v) is 18.2. The first-order valence-electron chi connectivity index (χ1n) is 10.8. The molecule has 5 rings (SSSR count). The van der Waals surface area contributed by atoms with Crippen LogP contribution in [0.2, 0.25) is 0 Å². The normalized spacial score (nSPS) is 14.6. The van der Waals surface area contributed by atoms with E-state index in [0.717, 1.165) is 28.1 Å². The molecule has 2 N–H and O–H groups in total. The van der Waals surface area contributed by atoms with Gasteiger partial charge in [0.1, 0.15) is 29.1 Å². The Morgan fingerprint density at radius 1 is 1.00 bits per heavy atom. The minimum absolute atomic E-state index is 0.0362. The molecule has 33 heavy (non-hydrogen) atoms. The fourth-order valence-corrected chi connectivity index (χ4v) is 4.16. The number of carbonyl (C=O) groups is 1. The lowest BCUT2D eigenvalue weighted by Gasteiger charge is -2.07. The van der Waals surface area contributed by atoms with Crippen LogP contribution in [0.25, 0.3) is 11.3 Å². The maximum Gasteiger partial charge on any atom is 0.359 e. The molecule has 2 heterocycles. The first-order valence-corrected chi connectivity index (χ1v) is 10.8. The number of hydrogen-bond donors (Lipinski definition) is 2. The van der Waals surface area contributed by atoms with Gasteiger partial charge in [0.05, 0.1) is 7.11 Å². The molecule has 0 spiro atoms. The van der Waals surface area contributed by atoms with E-state index in [2.05, 4.69) is 5.32 Å². The molecule has 0 amide bonds. The summed E-state index contributed by atoms with van der Waals surface area (Å²) in [6, 6.07) is 24.3. The summed E-state index contributed by atoms with van der Waals surface area (Å²) in [4.78, 5) is 18.3. The first-order chi connectivity index (χ1) is 16.1. The van der Waals surface area contributed by atoms with Gasteiger partial charge < -0.3 is 9.84 Å². The van der Waals surface area contributed by atoms with Gasteiger partial charge in [-0.1, -0.05) is 54.6 Å². The molecule has 0 radical (unpaired) electrons. The molecular weight excluding hydrogens is 414 g/mol. The van der Waals surface area contributed by atoms with Crippen LogP contribution in [0.4, 0.5) is 5.82 Å². The van der Waals surface area contributed by atoms with Crippen LogP contribution >= 0.6 is 0 Å². The van der Waals surface area contributed by atoms with Crippen molar-refractivity contribution < 1.29 is 19.2 Å². The molecule has 6 heteroatoms. The second-order valence-electron chi connectivity index (χ2n) is 8.09. The highest BCUT2D eigenvalue weighted by atomic mass is 16.5. The third kappa shape index (κ3) is 4.28. The minimum Gasteiger partial charge on any atom is -0.508 e. The Bertz CT molecular complexity index is 1320. The number of rotatable bonds is 6. The zero-order valence-electron chi connectivity index (χ0n) is 18.2. The highest BCUT2D eigenvalue weighted by Crippen LogP contribution is 2.27. The van der Waals surface area contributed by atoms with Crippen molar-refractivity contribution in [2.45, 2.75) is 18.9 Å². The predicted octanol–water partition coefficient (Wildman–Crippen LogP) is 4.02. The molecule has 1 aromatic heterocycles. The average Bonchev–Trinajstić information content (AvgIpc) is 3.15. The van der Waals surface area contributed by atoms with E-state index < -0.39 is 6.04 Å². The number of phenolic OH excluding ortho intramolecular Hbond substituents is 1. The minimum atomic E-state index is -0.409. The van der Waals surface area contributed by atoms with Crippen molar-refractivity contribution in [3.05, 3.63) is 102 Å². The van der Waals surface area contributed by atoms with Crippen molar-refractivity contribution in [3.8, 4) is 22.8 Å². The van der Waals surface area contributed by atoms with E-state index in [9.17, 15) is 9.90 Å². The van der Waals surface area contributed by atoms with Gasteiger partial charge in [0.2, 0.25) is 0 Å². The Morgan fingerprint density at radius 3 is 2.58 bits per heavy atom. The Morgan fingerprint density at radius 2 is 1.79 bits per heavy atom. The fourth-order valence-electron chi connectivity index (χ4n) is 4.16. The van der Waals surface area contributed by atoms with E-state index in [1.807, 2.05) is 60.7 Å². The van der Waals surface area contributed by atoms with Crippen molar-refractivity contribution >= 4 is 11.7 Å². The molecule has 4 aromatic rings. The lowest BCUT2D eigenvalue weighted by atomic mass is 10.1. The molecule has 0 aliphatic carbocycles. The van der Waals surface area contributed by atoms with Crippen molar-refractivity contribution in [2.75, 3.05) is 12.4 Å². The summed E-state index contributed by atoms with van der Waals surface area (Å²) in [5.41, 5.74) is 4.29. The number of nitrogens with zero attached hydrogens (tertiary/aromatic N) is 2. The van der Waals surface area contributed by atoms with E-state index in [-0.39, 0.29) is 11.7 Å². The maximum atomic E-state index is 13.4. The number of carbonyl (C=O) groups excluding carboxylic acids is 1. The van der Waals surface area contributed by atoms with Gasteiger partial charge in [0.25, 0.3) is 0 Å². The van der Waals surface area contributed by atoms with Gasteiger partial charge in [-0.2, -0.15) is 4.57 Å². The highest BCUT2D eigenvalue weighted by Gasteiger charge is 2.41. The van der Waals surface area contributed by atoms with Crippen LogP contribution < -0.4 is 14.6 Å². The van der Waals surface area contributed by atoms with Gasteiger partial charge >= 0.3 is 11.7 Å². The molecule has 6 nitrogen and oxygen atoms in total. The van der Waals surface area contributed by atoms with E-state index in [4.69, 9.17) is 9.72 Å². The molecule has 1 unspecified atom stereocenters. The lowest BCUT2D eigenvalue weighted by molar-refractivity contribution is -0.552. The number of ether oxygens (including phenoxy) is 1. The third-order valence-electron chi connectivity index (χ3n) is 5.80. The van der Waals surface area contributed by atoms with Crippen LogP contribution in [0.3, 0.4) is 0 Å². The van der Waals surface area contributed by atoms with Gasteiger partial charge in [0, 0.05) is 18.4 Å². The Kier molecular flexibility index (Phi) is 5.48. The highest BCUT2D eigenvalue weighted by molar-refractivity contribution is 5.83. The van der Waals surface area contributed by atoms with Gasteiger partial charge in [-0.15, -0.1) is 0 Å². The van der Waals surface area contributed by atoms with Crippen LogP contribution in [0, 0.1) is 0 Å². The Balaban J connectivity index is 1.54. The van der Waals surface area contributed by atoms with Crippen molar-refractivity contribution in [1.82, 2.24) is 4.98 Å². The van der Waals surface area contributed by atoms with Crippen LogP contribution in [0.15, 0.2) is 85.1 Å². The molecule has 1 aliphatic heterocycles. The second-order valence-corrected chi connectivity index (χ2v) is 8.09. The summed E-state index contributed by atoms with van der Waals surface area (Å²) in [6.07, 6.45) is 2.86. The topological polar surface area (TPSA) is 75.3 Å². The van der Waals surface area contributed by atoms with Crippen LogP contribution in [-0.2, 0) is 12.8 Å². The van der Waals surface area contributed by atoms with E-state index in [0.29, 0.717) is 24.4 Å². The van der Waals surface area contributed by atoms with Gasteiger partial charge in [-0.25, -0.2) is 9.78 Å². The number of phenols is 1. The maximum absolute atomic E-state index is 13.4. The molecule has 0 bridgehead atoms. The summed E-state index contributed by atoms with van der Waals surface area (Å²) in [6.45, 7) is 0. The number of anilines is 1. The van der Waals surface area contributed by atoms with Gasteiger partial charge in [-0.3, -0.25) is 5.32 Å². The lowest BCUT2D eigenvalue weighted by Crippen LogP contribution is -2.44. The van der Waals surface area contributed by atoms with Crippen molar-refractivity contribution in [2.24, 2.45) is 0 Å². The number of fused-ring (bicyclic) bond motifs is 1. The monoisotopic (exact) mass is 438 g/mol. The summed E-state index contributed by atoms with van der Waals surface area (Å²) in [5.74, 6) is 1.59. The standard InChI is InChI=1S/C27H23N3O3/c1-33-22-12-5-9-19(13-22)15-24-27(32)30-17-25(20-10-6-11-21(31)16-20)28-23(26(30)29-24)14-18-7-3-2-4-8-18/h2-13,16-17,24,31H,14-15H2,1H3/p+1. The second kappa shape index (κ2) is 8.74. The summed E-state index contributed by atoms with van der Waals surface area (Å²) in [7, 11) is 1.63. The van der Waals surface area contributed by atoms with Gasteiger partial charge in [-0.05, 0) is 35.4 Å². The predicted molar refractivity (Wildman–Crippen MR) is 126 cm³/mol. The number of hydrogen-bond acceptors (Lipinski definition) is 5. The first kappa shape index (κ1) is 20.7. The smallest absolute Gasteiger partial charge is 0.359 e. The summed E-state index contributed by atoms with van der Waals surface area (Å²) in [5, 5.41) is 13.4. The van der Waals surface area contributed by atoms with E-state index >= 15 is 0 Å². The number of benzene rings is 3. The Hall–Kier alpha value is -4.19. The van der Waals surface area contributed by atoms with Crippen LogP contribution in [0.5, 0.6) is 11.5 Å². The quantitative estimate of drug-likeness (QED) is 0.445.